The molecule has 0 amide bonds. The fraction of sp³-hybridized carbons (Fsp3) is 0.333. The molecule has 0 bridgehead atoms. The van der Waals surface area contributed by atoms with E-state index >= 15 is 0 Å². The van der Waals surface area contributed by atoms with Gasteiger partial charge in [-0.2, -0.15) is 0 Å². The minimum atomic E-state index is 0.770. The Hall–Kier alpha value is -1.52. The molecule has 0 aliphatic heterocycles. The molecule has 1 aromatic carbocycles. The van der Waals surface area contributed by atoms with Gasteiger partial charge in [-0.3, -0.25) is 0 Å². The molecule has 4 heteroatoms. The second kappa shape index (κ2) is 6.59. The molecule has 0 saturated heterocycles. The zero-order valence-corrected chi connectivity index (χ0v) is 12.3. The smallest absolute Gasteiger partial charge is 0.161 e. The van der Waals surface area contributed by atoms with Gasteiger partial charge in [-0.25, -0.2) is 0 Å². The lowest BCUT2D eigenvalue weighted by atomic mass is 10.0. The number of nitrogens with one attached hydrogen (secondary N) is 1. The Labute approximate surface area is 118 Å². The summed E-state index contributed by atoms with van der Waals surface area (Å²) in [6.07, 6.45) is 0. The minimum absolute atomic E-state index is 0.770. The van der Waals surface area contributed by atoms with Crippen molar-refractivity contribution in [2.24, 2.45) is 0 Å². The van der Waals surface area contributed by atoms with Crippen LogP contribution >= 0.6 is 11.3 Å². The van der Waals surface area contributed by atoms with Gasteiger partial charge in [0.2, 0.25) is 0 Å². The van der Waals surface area contributed by atoms with E-state index in [0.717, 1.165) is 24.6 Å². The van der Waals surface area contributed by atoms with Gasteiger partial charge in [-0.15, -0.1) is 11.3 Å². The zero-order valence-electron chi connectivity index (χ0n) is 11.5. The Morgan fingerprint density at radius 1 is 1.16 bits per heavy atom. The average molecular weight is 277 g/mol. The van der Waals surface area contributed by atoms with Gasteiger partial charge in [0.05, 0.1) is 14.2 Å². The van der Waals surface area contributed by atoms with Crippen LogP contribution in [0.5, 0.6) is 11.5 Å². The van der Waals surface area contributed by atoms with Gasteiger partial charge in [0.25, 0.3) is 0 Å². The maximum atomic E-state index is 5.39. The number of ether oxygens (including phenoxy) is 2. The summed E-state index contributed by atoms with van der Waals surface area (Å²) in [6.45, 7) is 3.87. The predicted molar refractivity (Wildman–Crippen MR) is 80.2 cm³/mol. The lowest BCUT2D eigenvalue weighted by molar-refractivity contribution is 0.354. The van der Waals surface area contributed by atoms with Crippen LogP contribution in [0.15, 0.2) is 29.6 Å². The van der Waals surface area contributed by atoms with E-state index in [1.165, 1.54) is 16.0 Å². The number of hydrogen-bond acceptors (Lipinski definition) is 4. The maximum absolute atomic E-state index is 5.39. The highest BCUT2D eigenvalue weighted by molar-refractivity contribution is 7.13. The molecule has 2 aromatic rings. The second-order valence-corrected chi connectivity index (χ2v) is 5.07. The first kappa shape index (κ1) is 13.9. The lowest BCUT2D eigenvalue weighted by Gasteiger charge is -2.14. The summed E-state index contributed by atoms with van der Waals surface area (Å²) in [5.74, 6) is 1.54. The summed E-state index contributed by atoms with van der Waals surface area (Å²) >= 11 is 1.73. The van der Waals surface area contributed by atoms with Gasteiger partial charge in [0, 0.05) is 17.0 Å². The Balaban J connectivity index is 2.48. The maximum Gasteiger partial charge on any atom is 0.161 e. The lowest BCUT2D eigenvalue weighted by Crippen LogP contribution is -2.12. The molecule has 3 nitrogen and oxygen atoms in total. The Bertz CT molecular complexity index is 523. The first-order valence-electron chi connectivity index (χ1n) is 6.29. The third-order valence-electron chi connectivity index (χ3n) is 2.96. The van der Waals surface area contributed by atoms with Crippen LogP contribution in [0.25, 0.3) is 10.4 Å². The van der Waals surface area contributed by atoms with Gasteiger partial charge in [0.15, 0.2) is 11.5 Å². The molecule has 0 radical (unpaired) electrons. The predicted octanol–water partition coefficient (Wildman–Crippen LogP) is 3.54. The Morgan fingerprint density at radius 3 is 2.47 bits per heavy atom. The van der Waals surface area contributed by atoms with Crippen molar-refractivity contribution < 1.29 is 9.47 Å². The fourth-order valence-corrected chi connectivity index (χ4v) is 2.77. The van der Waals surface area contributed by atoms with Crippen LogP contribution in [0.3, 0.4) is 0 Å². The third-order valence-corrected chi connectivity index (χ3v) is 3.86. The number of rotatable bonds is 6. The molecule has 0 unspecified atom stereocenters. The molecule has 0 aliphatic rings. The second-order valence-electron chi connectivity index (χ2n) is 4.12. The molecule has 0 fully saturated rings. The standard InChI is InChI=1S/C15H19NO2S/c1-4-16-10-11-8-13(17-2)14(18-3)9-12(11)15-6-5-7-19-15/h5-9,16H,4,10H2,1-3H3. The molecular formula is C15H19NO2S. The number of benzene rings is 1. The van der Waals surface area contributed by atoms with Gasteiger partial charge in [-0.1, -0.05) is 13.0 Å². The van der Waals surface area contributed by atoms with Crippen molar-refractivity contribution in [1.82, 2.24) is 5.32 Å². The van der Waals surface area contributed by atoms with E-state index in [2.05, 4.69) is 41.9 Å². The monoisotopic (exact) mass is 277 g/mol. The van der Waals surface area contributed by atoms with Crippen LogP contribution in [-0.4, -0.2) is 20.8 Å². The highest BCUT2D eigenvalue weighted by Gasteiger charge is 2.12. The largest absolute Gasteiger partial charge is 0.493 e. The quantitative estimate of drug-likeness (QED) is 0.876. The normalized spacial score (nSPS) is 10.5. The number of hydrogen-bond donors (Lipinski definition) is 1. The molecule has 0 atom stereocenters. The molecule has 0 saturated carbocycles. The van der Waals surface area contributed by atoms with Crippen molar-refractivity contribution in [3.63, 3.8) is 0 Å². The van der Waals surface area contributed by atoms with Crippen LogP contribution in [0.2, 0.25) is 0 Å². The average Bonchev–Trinajstić information content (AvgIpc) is 2.98. The van der Waals surface area contributed by atoms with Crippen molar-refractivity contribution in [2.75, 3.05) is 20.8 Å². The Kier molecular flexibility index (Phi) is 4.82. The summed E-state index contributed by atoms with van der Waals surface area (Å²) in [5.41, 5.74) is 2.43. The van der Waals surface area contributed by atoms with E-state index in [1.54, 1.807) is 25.6 Å². The van der Waals surface area contributed by atoms with Crippen molar-refractivity contribution >= 4 is 11.3 Å². The Morgan fingerprint density at radius 2 is 1.89 bits per heavy atom. The highest BCUT2D eigenvalue weighted by atomic mass is 32.1. The van der Waals surface area contributed by atoms with E-state index in [4.69, 9.17) is 9.47 Å². The van der Waals surface area contributed by atoms with E-state index in [1.807, 2.05) is 0 Å². The third kappa shape index (κ3) is 3.08. The summed E-state index contributed by atoms with van der Waals surface area (Å²) < 4.78 is 10.8. The van der Waals surface area contributed by atoms with E-state index in [0.29, 0.717) is 0 Å². The molecule has 2 rings (SSSR count). The van der Waals surface area contributed by atoms with Crippen LogP contribution in [0.4, 0.5) is 0 Å². The number of thiophene rings is 1. The van der Waals surface area contributed by atoms with Crippen LogP contribution in [0, 0.1) is 0 Å². The van der Waals surface area contributed by atoms with Gasteiger partial charge in [-0.05, 0) is 35.7 Å². The van der Waals surface area contributed by atoms with Crippen LogP contribution in [-0.2, 0) is 6.54 Å². The molecule has 1 heterocycles. The van der Waals surface area contributed by atoms with E-state index in [9.17, 15) is 0 Å². The van der Waals surface area contributed by atoms with Crippen LogP contribution < -0.4 is 14.8 Å². The van der Waals surface area contributed by atoms with Gasteiger partial charge >= 0.3 is 0 Å². The highest BCUT2D eigenvalue weighted by Crippen LogP contribution is 2.37. The topological polar surface area (TPSA) is 30.5 Å². The minimum Gasteiger partial charge on any atom is -0.493 e. The molecular weight excluding hydrogens is 258 g/mol. The van der Waals surface area contributed by atoms with Gasteiger partial charge in [0.1, 0.15) is 0 Å². The van der Waals surface area contributed by atoms with Crippen molar-refractivity contribution in [3.8, 4) is 21.9 Å². The summed E-state index contributed by atoms with van der Waals surface area (Å²) in [5, 5.41) is 5.45. The summed E-state index contributed by atoms with van der Waals surface area (Å²) in [7, 11) is 3.33. The molecule has 1 N–H and O–H groups in total. The summed E-state index contributed by atoms with van der Waals surface area (Å²) in [4.78, 5) is 1.24. The van der Waals surface area contributed by atoms with E-state index < -0.39 is 0 Å². The SMILES string of the molecule is CCNCc1cc(OC)c(OC)cc1-c1cccs1. The van der Waals surface area contributed by atoms with Crippen molar-refractivity contribution in [3.05, 3.63) is 35.2 Å². The van der Waals surface area contributed by atoms with Crippen LogP contribution in [0.1, 0.15) is 12.5 Å². The number of methoxy groups -OCH3 is 2. The molecule has 102 valence electrons. The first-order chi connectivity index (χ1) is 9.30. The molecule has 0 spiro atoms. The molecule has 1 aromatic heterocycles. The van der Waals surface area contributed by atoms with E-state index in [-0.39, 0.29) is 0 Å². The van der Waals surface area contributed by atoms with Gasteiger partial charge < -0.3 is 14.8 Å². The first-order valence-corrected chi connectivity index (χ1v) is 7.17. The zero-order chi connectivity index (χ0) is 13.7. The molecule has 0 aliphatic carbocycles. The summed E-state index contributed by atoms with van der Waals surface area (Å²) in [6, 6.07) is 8.29. The fourth-order valence-electron chi connectivity index (χ4n) is 1.99. The van der Waals surface area contributed by atoms with Crippen molar-refractivity contribution in [1.29, 1.82) is 0 Å². The van der Waals surface area contributed by atoms with Crippen molar-refractivity contribution in [2.45, 2.75) is 13.5 Å². The molecule has 19 heavy (non-hydrogen) atoms.